The Bertz CT molecular complexity index is 504. The fourth-order valence-corrected chi connectivity index (χ4v) is 3.71. The molecule has 0 aliphatic carbocycles. The largest absolute Gasteiger partial charge is 0.376 e. The van der Waals surface area contributed by atoms with Gasteiger partial charge in [-0.05, 0) is 52.9 Å². The van der Waals surface area contributed by atoms with Gasteiger partial charge >= 0.3 is 0 Å². The lowest BCUT2D eigenvalue weighted by Gasteiger charge is -2.17. The van der Waals surface area contributed by atoms with E-state index in [4.69, 9.17) is 11.6 Å². The highest BCUT2D eigenvalue weighted by molar-refractivity contribution is 9.10. The first-order valence-electron chi connectivity index (χ1n) is 5.34. The van der Waals surface area contributed by atoms with Gasteiger partial charge in [0, 0.05) is 9.35 Å². The summed E-state index contributed by atoms with van der Waals surface area (Å²) in [6.07, 6.45) is 0. The highest BCUT2D eigenvalue weighted by atomic mass is 79.9. The Kier molecular flexibility index (Phi) is 4.13. The van der Waals surface area contributed by atoms with Gasteiger partial charge in [0.15, 0.2) is 0 Å². The van der Waals surface area contributed by atoms with Crippen LogP contribution in [0.3, 0.4) is 0 Å². The third kappa shape index (κ3) is 2.84. The van der Waals surface area contributed by atoms with E-state index in [9.17, 15) is 0 Å². The van der Waals surface area contributed by atoms with Crippen molar-refractivity contribution in [1.82, 2.24) is 0 Å². The van der Waals surface area contributed by atoms with Gasteiger partial charge in [0.1, 0.15) is 0 Å². The molecule has 0 bridgehead atoms. The van der Waals surface area contributed by atoms with Crippen LogP contribution < -0.4 is 5.32 Å². The Balaban J connectivity index is 2.25. The smallest absolute Gasteiger partial charge is 0.0640 e. The number of aryl methyl sites for hydroxylation is 1. The van der Waals surface area contributed by atoms with Crippen LogP contribution in [-0.4, -0.2) is 0 Å². The zero-order chi connectivity index (χ0) is 12.4. The molecule has 2 aromatic rings. The van der Waals surface area contributed by atoms with Crippen molar-refractivity contribution in [2.45, 2.75) is 19.9 Å². The van der Waals surface area contributed by atoms with Crippen molar-refractivity contribution < 1.29 is 0 Å². The van der Waals surface area contributed by atoms with Crippen molar-refractivity contribution in [2.24, 2.45) is 0 Å². The molecule has 1 N–H and O–H groups in total. The minimum atomic E-state index is 0.239. The molecule has 1 unspecified atom stereocenters. The van der Waals surface area contributed by atoms with E-state index in [1.807, 2.05) is 12.1 Å². The lowest BCUT2D eigenvalue weighted by Crippen LogP contribution is -2.07. The number of nitrogens with one attached hydrogen (secondary N) is 1. The Morgan fingerprint density at radius 3 is 2.71 bits per heavy atom. The summed E-state index contributed by atoms with van der Waals surface area (Å²) in [6.45, 7) is 4.20. The summed E-state index contributed by atoms with van der Waals surface area (Å²) in [6, 6.07) is 8.24. The van der Waals surface area contributed by atoms with Crippen LogP contribution in [-0.2, 0) is 0 Å². The van der Waals surface area contributed by atoms with Crippen molar-refractivity contribution in [1.29, 1.82) is 0 Å². The van der Waals surface area contributed by atoms with Crippen LogP contribution in [0.2, 0.25) is 5.02 Å². The highest BCUT2D eigenvalue weighted by Crippen LogP contribution is 2.34. The highest BCUT2D eigenvalue weighted by Gasteiger charge is 2.13. The van der Waals surface area contributed by atoms with Gasteiger partial charge in [0.2, 0.25) is 0 Å². The first kappa shape index (κ1) is 12.9. The van der Waals surface area contributed by atoms with Gasteiger partial charge in [-0.1, -0.05) is 23.7 Å². The lowest BCUT2D eigenvalue weighted by atomic mass is 10.1. The maximum Gasteiger partial charge on any atom is 0.0640 e. The van der Waals surface area contributed by atoms with E-state index in [1.54, 1.807) is 11.3 Å². The Hall–Kier alpha value is -0.510. The molecule has 0 saturated heterocycles. The van der Waals surface area contributed by atoms with Crippen LogP contribution in [0.1, 0.15) is 23.4 Å². The summed E-state index contributed by atoms with van der Waals surface area (Å²) < 4.78 is 1.15. The van der Waals surface area contributed by atoms with Crippen molar-refractivity contribution in [2.75, 3.05) is 5.32 Å². The van der Waals surface area contributed by atoms with E-state index >= 15 is 0 Å². The first-order valence-corrected chi connectivity index (χ1v) is 7.39. The number of anilines is 1. The van der Waals surface area contributed by atoms with E-state index in [0.29, 0.717) is 0 Å². The normalized spacial score (nSPS) is 12.5. The fraction of sp³-hybridized carbons (Fsp3) is 0.231. The molecule has 0 saturated carbocycles. The van der Waals surface area contributed by atoms with Crippen LogP contribution in [0.5, 0.6) is 0 Å². The SMILES string of the molecule is Cc1cccc(Cl)c1NC(C)c1sccc1Br. The summed E-state index contributed by atoms with van der Waals surface area (Å²) >= 11 is 11.5. The lowest BCUT2D eigenvalue weighted by molar-refractivity contribution is 0.901. The molecule has 0 spiro atoms. The van der Waals surface area contributed by atoms with Crippen LogP contribution in [0, 0.1) is 6.92 Å². The summed E-state index contributed by atoms with van der Waals surface area (Å²) in [7, 11) is 0. The molecule has 1 heterocycles. The molecule has 1 nitrogen and oxygen atoms in total. The molecular formula is C13H13BrClNS. The molecule has 1 aromatic carbocycles. The molecule has 0 aliphatic heterocycles. The molecule has 0 fully saturated rings. The monoisotopic (exact) mass is 329 g/mol. The second kappa shape index (κ2) is 5.42. The molecule has 17 heavy (non-hydrogen) atoms. The number of hydrogen-bond acceptors (Lipinski definition) is 2. The maximum atomic E-state index is 6.20. The van der Waals surface area contributed by atoms with Crippen molar-refractivity contribution in [3.8, 4) is 0 Å². The van der Waals surface area contributed by atoms with E-state index in [2.05, 4.69) is 52.6 Å². The number of benzene rings is 1. The number of hydrogen-bond donors (Lipinski definition) is 1. The molecule has 0 aliphatic rings. The maximum absolute atomic E-state index is 6.20. The molecular weight excluding hydrogens is 318 g/mol. The second-order valence-electron chi connectivity index (χ2n) is 3.93. The fourth-order valence-electron chi connectivity index (χ4n) is 1.71. The molecule has 2 rings (SSSR count). The Labute approximate surface area is 119 Å². The Morgan fingerprint density at radius 1 is 1.35 bits per heavy atom. The number of thiophene rings is 1. The summed E-state index contributed by atoms with van der Waals surface area (Å²) in [4.78, 5) is 1.28. The van der Waals surface area contributed by atoms with E-state index < -0.39 is 0 Å². The summed E-state index contributed by atoms with van der Waals surface area (Å²) in [5.74, 6) is 0. The first-order chi connectivity index (χ1) is 8.09. The van der Waals surface area contributed by atoms with Crippen molar-refractivity contribution in [3.63, 3.8) is 0 Å². The van der Waals surface area contributed by atoms with Gasteiger partial charge < -0.3 is 5.32 Å². The van der Waals surface area contributed by atoms with Gasteiger partial charge in [-0.2, -0.15) is 0 Å². The third-order valence-electron chi connectivity index (χ3n) is 2.62. The quantitative estimate of drug-likeness (QED) is 0.767. The van der Waals surface area contributed by atoms with Crippen molar-refractivity contribution >= 4 is 44.6 Å². The standard InChI is InChI=1S/C13H13BrClNS/c1-8-4-3-5-11(15)12(8)16-9(2)13-10(14)6-7-17-13/h3-7,9,16H,1-2H3. The summed E-state index contributed by atoms with van der Waals surface area (Å²) in [5.41, 5.74) is 2.18. The van der Waals surface area contributed by atoms with Gasteiger partial charge in [-0.3, -0.25) is 0 Å². The van der Waals surface area contributed by atoms with Crippen molar-refractivity contribution in [3.05, 3.63) is 49.6 Å². The molecule has 90 valence electrons. The van der Waals surface area contributed by atoms with Crippen LogP contribution in [0.15, 0.2) is 34.1 Å². The zero-order valence-corrected chi connectivity index (χ0v) is 12.8. The summed E-state index contributed by atoms with van der Waals surface area (Å²) in [5, 5.41) is 6.32. The molecule has 1 aromatic heterocycles. The molecule has 0 radical (unpaired) electrons. The average molecular weight is 331 g/mol. The zero-order valence-electron chi connectivity index (χ0n) is 9.63. The third-order valence-corrected chi connectivity index (χ3v) is 4.99. The topological polar surface area (TPSA) is 12.0 Å². The van der Waals surface area contributed by atoms with Gasteiger partial charge in [0.05, 0.1) is 16.8 Å². The second-order valence-corrected chi connectivity index (χ2v) is 6.14. The minimum Gasteiger partial charge on any atom is -0.376 e. The van der Waals surface area contributed by atoms with Crippen LogP contribution in [0.25, 0.3) is 0 Å². The minimum absolute atomic E-state index is 0.239. The van der Waals surface area contributed by atoms with Gasteiger partial charge in [-0.15, -0.1) is 11.3 Å². The average Bonchev–Trinajstić information content (AvgIpc) is 2.70. The molecule has 1 atom stereocenters. The van der Waals surface area contributed by atoms with Gasteiger partial charge in [-0.25, -0.2) is 0 Å². The Morgan fingerprint density at radius 2 is 2.12 bits per heavy atom. The van der Waals surface area contributed by atoms with E-state index in [1.165, 1.54) is 4.88 Å². The number of rotatable bonds is 3. The molecule has 4 heteroatoms. The number of halogens is 2. The van der Waals surface area contributed by atoms with Crippen LogP contribution in [0.4, 0.5) is 5.69 Å². The van der Waals surface area contributed by atoms with Crippen LogP contribution >= 0.6 is 38.9 Å². The predicted molar refractivity (Wildman–Crippen MR) is 80.2 cm³/mol. The number of para-hydroxylation sites is 1. The van der Waals surface area contributed by atoms with Gasteiger partial charge in [0.25, 0.3) is 0 Å². The molecule has 0 amide bonds. The van der Waals surface area contributed by atoms with E-state index in [0.717, 1.165) is 20.7 Å². The van der Waals surface area contributed by atoms with E-state index in [-0.39, 0.29) is 6.04 Å². The predicted octanol–water partition coefficient (Wildman–Crippen LogP) is 5.65.